The van der Waals surface area contributed by atoms with Gasteiger partial charge in [0.1, 0.15) is 5.82 Å². The minimum atomic E-state index is -0.515. The Morgan fingerprint density at radius 3 is 2.95 bits per heavy atom. The first-order valence-electron chi connectivity index (χ1n) is 6.09. The molecule has 1 aromatic heterocycles. The van der Waals surface area contributed by atoms with Gasteiger partial charge in [0.2, 0.25) is 0 Å². The summed E-state index contributed by atoms with van der Waals surface area (Å²) in [7, 11) is 0. The second kappa shape index (κ2) is 5.96. The van der Waals surface area contributed by atoms with Gasteiger partial charge in [-0.2, -0.15) is 0 Å². The maximum absolute atomic E-state index is 12.0. The van der Waals surface area contributed by atoms with Crippen molar-refractivity contribution in [3.63, 3.8) is 0 Å². The van der Waals surface area contributed by atoms with Crippen LogP contribution < -0.4 is 5.32 Å². The molecule has 0 aliphatic rings. The molecule has 2 aromatic rings. The van der Waals surface area contributed by atoms with Gasteiger partial charge < -0.3 is 10.3 Å². The zero-order chi connectivity index (χ0) is 14.5. The summed E-state index contributed by atoms with van der Waals surface area (Å²) in [4.78, 5) is 29.2. The predicted molar refractivity (Wildman–Crippen MR) is 72.5 cm³/mol. The zero-order valence-corrected chi connectivity index (χ0v) is 10.9. The van der Waals surface area contributed by atoms with Crippen molar-refractivity contribution < 1.29 is 9.72 Å². The van der Waals surface area contributed by atoms with E-state index in [1.165, 1.54) is 12.1 Å². The second-order valence-corrected chi connectivity index (χ2v) is 4.30. The molecule has 0 aliphatic heterocycles. The summed E-state index contributed by atoms with van der Waals surface area (Å²) in [6.45, 7) is 2.15. The number of H-pyrrole nitrogens is 1. The standard InChI is InChI=1S/C13H14N4O3/c1-9-2-3-10(17(19)20)8-11(9)13(18)16-5-4-12-14-6-7-15-12/h2-3,6-8H,4-5H2,1H3,(H,14,15)(H,16,18). The van der Waals surface area contributed by atoms with Crippen LogP contribution in [0.3, 0.4) is 0 Å². The quantitative estimate of drug-likeness (QED) is 0.638. The van der Waals surface area contributed by atoms with Crippen LogP contribution in [-0.4, -0.2) is 27.3 Å². The molecule has 7 heteroatoms. The molecule has 0 radical (unpaired) electrons. The highest BCUT2D eigenvalue weighted by Gasteiger charge is 2.14. The van der Waals surface area contributed by atoms with Crippen molar-refractivity contribution in [2.75, 3.05) is 6.54 Å². The number of aryl methyl sites for hydroxylation is 1. The van der Waals surface area contributed by atoms with Crippen molar-refractivity contribution >= 4 is 11.6 Å². The van der Waals surface area contributed by atoms with E-state index in [4.69, 9.17) is 0 Å². The van der Waals surface area contributed by atoms with Gasteiger partial charge in [0.25, 0.3) is 11.6 Å². The lowest BCUT2D eigenvalue weighted by Gasteiger charge is -2.06. The van der Waals surface area contributed by atoms with Gasteiger partial charge in [0.15, 0.2) is 0 Å². The minimum absolute atomic E-state index is 0.0909. The highest BCUT2D eigenvalue weighted by Crippen LogP contribution is 2.17. The smallest absolute Gasteiger partial charge is 0.270 e. The molecule has 0 spiro atoms. The van der Waals surface area contributed by atoms with Gasteiger partial charge in [-0.05, 0) is 12.5 Å². The lowest BCUT2D eigenvalue weighted by atomic mass is 10.1. The molecule has 2 N–H and O–H groups in total. The number of aromatic nitrogens is 2. The van der Waals surface area contributed by atoms with Crippen LogP contribution in [0.1, 0.15) is 21.7 Å². The summed E-state index contributed by atoms with van der Waals surface area (Å²) < 4.78 is 0. The van der Waals surface area contributed by atoms with Crippen LogP contribution in [0.5, 0.6) is 0 Å². The van der Waals surface area contributed by atoms with Gasteiger partial charge in [-0.15, -0.1) is 0 Å². The normalized spacial score (nSPS) is 10.2. The molecule has 0 bridgehead atoms. The maximum atomic E-state index is 12.0. The summed E-state index contributed by atoms with van der Waals surface area (Å²) in [5.41, 5.74) is 0.927. The predicted octanol–water partition coefficient (Wildman–Crippen LogP) is 1.60. The number of nitro groups is 1. The molecule has 0 saturated carbocycles. The number of non-ortho nitro benzene ring substituents is 1. The number of hydrogen-bond acceptors (Lipinski definition) is 4. The third kappa shape index (κ3) is 3.19. The van der Waals surface area contributed by atoms with Crippen LogP contribution in [0, 0.1) is 17.0 Å². The summed E-state index contributed by atoms with van der Waals surface area (Å²) in [6.07, 6.45) is 3.93. The summed E-state index contributed by atoms with van der Waals surface area (Å²) in [5, 5.41) is 13.4. The van der Waals surface area contributed by atoms with E-state index in [0.29, 0.717) is 24.1 Å². The van der Waals surface area contributed by atoms with E-state index in [0.717, 1.165) is 5.82 Å². The topological polar surface area (TPSA) is 101 Å². The fraction of sp³-hybridized carbons (Fsp3) is 0.231. The zero-order valence-electron chi connectivity index (χ0n) is 10.9. The fourth-order valence-electron chi connectivity index (χ4n) is 1.79. The third-order valence-corrected chi connectivity index (χ3v) is 2.88. The second-order valence-electron chi connectivity index (χ2n) is 4.30. The molecule has 1 aromatic carbocycles. The molecule has 104 valence electrons. The Morgan fingerprint density at radius 1 is 1.50 bits per heavy atom. The number of carbonyl (C=O) groups is 1. The molecule has 0 saturated heterocycles. The molecule has 1 amide bonds. The van der Waals surface area contributed by atoms with E-state index in [2.05, 4.69) is 15.3 Å². The maximum Gasteiger partial charge on any atom is 0.270 e. The van der Waals surface area contributed by atoms with Crippen molar-refractivity contribution in [1.29, 1.82) is 0 Å². The molecule has 0 atom stereocenters. The van der Waals surface area contributed by atoms with Crippen LogP contribution in [-0.2, 0) is 6.42 Å². The lowest BCUT2D eigenvalue weighted by molar-refractivity contribution is -0.384. The van der Waals surface area contributed by atoms with E-state index >= 15 is 0 Å². The van der Waals surface area contributed by atoms with Crippen LogP contribution >= 0.6 is 0 Å². The molecule has 20 heavy (non-hydrogen) atoms. The molecule has 7 nitrogen and oxygen atoms in total. The highest BCUT2D eigenvalue weighted by atomic mass is 16.6. The Hall–Kier alpha value is -2.70. The first-order valence-corrected chi connectivity index (χ1v) is 6.09. The van der Waals surface area contributed by atoms with Gasteiger partial charge in [0, 0.05) is 43.1 Å². The summed E-state index contributed by atoms with van der Waals surface area (Å²) in [5.74, 6) is 0.457. The molecular weight excluding hydrogens is 260 g/mol. The number of benzene rings is 1. The number of aromatic amines is 1. The summed E-state index contributed by atoms with van der Waals surface area (Å²) in [6, 6.07) is 4.24. The molecule has 0 aliphatic carbocycles. The number of rotatable bonds is 5. The van der Waals surface area contributed by atoms with Crippen molar-refractivity contribution in [3.8, 4) is 0 Å². The lowest BCUT2D eigenvalue weighted by Crippen LogP contribution is -2.26. The average molecular weight is 274 g/mol. The van der Waals surface area contributed by atoms with Crippen LogP contribution in [0.4, 0.5) is 5.69 Å². The number of imidazole rings is 1. The molecule has 0 unspecified atom stereocenters. The number of carbonyl (C=O) groups excluding carboxylic acids is 1. The Labute approximate surface area is 115 Å². The van der Waals surface area contributed by atoms with E-state index in [9.17, 15) is 14.9 Å². The van der Waals surface area contributed by atoms with E-state index in [-0.39, 0.29) is 11.6 Å². The Kier molecular flexibility index (Phi) is 4.09. The Balaban J connectivity index is 2.01. The monoisotopic (exact) mass is 274 g/mol. The van der Waals surface area contributed by atoms with Crippen LogP contribution in [0.15, 0.2) is 30.6 Å². The van der Waals surface area contributed by atoms with Crippen molar-refractivity contribution in [3.05, 3.63) is 57.7 Å². The minimum Gasteiger partial charge on any atom is -0.352 e. The van der Waals surface area contributed by atoms with E-state index in [1.807, 2.05) is 0 Å². The molecule has 1 heterocycles. The van der Waals surface area contributed by atoms with Gasteiger partial charge in [-0.3, -0.25) is 14.9 Å². The molecule has 0 fully saturated rings. The van der Waals surface area contributed by atoms with Crippen LogP contribution in [0.25, 0.3) is 0 Å². The number of nitro benzene ring substituents is 1. The van der Waals surface area contributed by atoms with Gasteiger partial charge in [-0.25, -0.2) is 4.98 Å². The summed E-state index contributed by atoms with van der Waals surface area (Å²) >= 11 is 0. The van der Waals surface area contributed by atoms with Crippen molar-refractivity contribution in [1.82, 2.24) is 15.3 Å². The number of nitrogens with zero attached hydrogens (tertiary/aromatic N) is 2. The molecular formula is C13H14N4O3. The van der Waals surface area contributed by atoms with E-state index < -0.39 is 4.92 Å². The van der Waals surface area contributed by atoms with Crippen molar-refractivity contribution in [2.45, 2.75) is 13.3 Å². The highest BCUT2D eigenvalue weighted by molar-refractivity contribution is 5.96. The van der Waals surface area contributed by atoms with Gasteiger partial charge in [0.05, 0.1) is 4.92 Å². The number of amides is 1. The number of hydrogen-bond donors (Lipinski definition) is 2. The number of nitrogens with one attached hydrogen (secondary N) is 2. The third-order valence-electron chi connectivity index (χ3n) is 2.88. The van der Waals surface area contributed by atoms with E-state index in [1.54, 1.807) is 25.4 Å². The molecule has 2 rings (SSSR count). The van der Waals surface area contributed by atoms with Crippen LogP contribution in [0.2, 0.25) is 0 Å². The van der Waals surface area contributed by atoms with Gasteiger partial charge in [-0.1, -0.05) is 6.07 Å². The van der Waals surface area contributed by atoms with Gasteiger partial charge >= 0.3 is 0 Å². The first kappa shape index (κ1) is 13.7. The fourth-order valence-corrected chi connectivity index (χ4v) is 1.79. The largest absolute Gasteiger partial charge is 0.352 e. The Morgan fingerprint density at radius 2 is 2.30 bits per heavy atom. The van der Waals surface area contributed by atoms with Crippen molar-refractivity contribution in [2.24, 2.45) is 0 Å². The Bertz CT molecular complexity index is 623. The first-order chi connectivity index (χ1) is 9.58. The average Bonchev–Trinajstić information content (AvgIpc) is 2.92. The SMILES string of the molecule is Cc1ccc([N+](=O)[O-])cc1C(=O)NCCc1ncc[nH]1.